The molecule has 3 fully saturated rings. The van der Waals surface area contributed by atoms with E-state index in [4.69, 9.17) is 0 Å². The molecular formula is C30H32N6O2. The highest BCUT2D eigenvalue weighted by atomic mass is 16.2. The maximum Gasteiger partial charge on any atom is 0.247 e. The van der Waals surface area contributed by atoms with Gasteiger partial charge >= 0.3 is 0 Å². The fourth-order valence-electron chi connectivity index (χ4n) is 6.09. The van der Waals surface area contributed by atoms with Crippen LogP contribution in [0.5, 0.6) is 0 Å². The minimum atomic E-state index is -0.898. The van der Waals surface area contributed by atoms with Crippen LogP contribution >= 0.6 is 0 Å². The predicted octanol–water partition coefficient (Wildman–Crippen LogP) is 4.97. The van der Waals surface area contributed by atoms with Gasteiger partial charge in [0.15, 0.2) is 0 Å². The number of hydrogen-bond donors (Lipinski definition) is 1. The molecule has 6 rings (SSSR count). The molecule has 38 heavy (non-hydrogen) atoms. The van der Waals surface area contributed by atoms with Gasteiger partial charge in [0.05, 0.1) is 18.7 Å². The number of benzene rings is 1. The molecule has 0 radical (unpaired) electrons. The minimum absolute atomic E-state index is 0.130. The van der Waals surface area contributed by atoms with E-state index in [0.717, 1.165) is 42.0 Å². The molecule has 1 aromatic carbocycles. The average molecular weight is 509 g/mol. The number of anilines is 2. The Morgan fingerprint density at radius 2 is 1.97 bits per heavy atom. The van der Waals surface area contributed by atoms with Crippen molar-refractivity contribution in [2.75, 3.05) is 16.8 Å². The normalized spacial score (nSPS) is 21.6. The number of aromatic nitrogens is 3. The first-order valence-corrected chi connectivity index (χ1v) is 13.6. The van der Waals surface area contributed by atoms with E-state index in [-0.39, 0.29) is 24.2 Å². The Kier molecular flexibility index (Phi) is 6.44. The number of amides is 2. The van der Waals surface area contributed by atoms with Crippen LogP contribution in [0.25, 0.3) is 11.1 Å². The molecule has 0 spiro atoms. The van der Waals surface area contributed by atoms with E-state index in [1.54, 1.807) is 23.2 Å². The van der Waals surface area contributed by atoms with Gasteiger partial charge in [-0.3, -0.25) is 14.3 Å². The van der Waals surface area contributed by atoms with Crippen LogP contribution in [0.2, 0.25) is 0 Å². The van der Waals surface area contributed by atoms with E-state index < -0.39 is 5.41 Å². The number of nitriles is 1. The summed E-state index contributed by atoms with van der Waals surface area (Å²) in [6.45, 7) is 1.47. The third kappa shape index (κ3) is 4.81. The fraction of sp³-hybridized carbons (Fsp3) is 0.433. The van der Waals surface area contributed by atoms with Gasteiger partial charge in [0, 0.05) is 42.8 Å². The molecule has 8 nitrogen and oxygen atoms in total. The Morgan fingerprint density at radius 1 is 1.13 bits per heavy atom. The molecule has 2 aliphatic carbocycles. The predicted molar refractivity (Wildman–Crippen MR) is 144 cm³/mol. The van der Waals surface area contributed by atoms with E-state index in [9.17, 15) is 14.9 Å². The monoisotopic (exact) mass is 508 g/mol. The molecule has 3 aromatic rings. The zero-order valence-electron chi connectivity index (χ0n) is 21.5. The van der Waals surface area contributed by atoms with Crippen molar-refractivity contribution in [3.63, 3.8) is 0 Å². The molecule has 1 atom stereocenters. The van der Waals surface area contributed by atoms with Gasteiger partial charge in [-0.2, -0.15) is 10.4 Å². The first kappa shape index (κ1) is 24.4. The van der Waals surface area contributed by atoms with Crippen molar-refractivity contribution in [1.82, 2.24) is 14.8 Å². The SMILES string of the molecule is N#C[C@@]1(C2CC2)CCN(c2ccnc(NC(=O)Cc3cccc(-c4cnn(CC5CCCC5)c4)c3)c2)C1=O. The Hall–Kier alpha value is -3.99. The van der Waals surface area contributed by atoms with Crippen LogP contribution in [0.15, 0.2) is 55.0 Å². The van der Waals surface area contributed by atoms with Crippen molar-refractivity contribution in [2.24, 2.45) is 17.3 Å². The van der Waals surface area contributed by atoms with Crippen molar-refractivity contribution in [3.8, 4) is 17.2 Å². The quantitative estimate of drug-likeness (QED) is 0.463. The van der Waals surface area contributed by atoms with Crippen LogP contribution in [0.4, 0.5) is 11.5 Å². The van der Waals surface area contributed by atoms with E-state index in [1.165, 1.54) is 25.7 Å². The molecule has 1 N–H and O–H groups in total. The lowest BCUT2D eigenvalue weighted by molar-refractivity contribution is -0.123. The third-order valence-corrected chi connectivity index (χ3v) is 8.33. The molecule has 1 aliphatic heterocycles. The summed E-state index contributed by atoms with van der Waals surface area (Å²) in [4.78, 5) is 32.0. The largest absolute Gasteiger partial charge is 0.311 e. The standard InChI is InChI=1S/C30H32N6O2/c31-20-30(25-8-9-25)11-13-36(29(30)38)26-10-12-32-27(16-26)34-28(37)15-22-6-3-7-23(14-22)24-17-33-35(19-24)18-21-4-1-2-5-21/h3,6-7,10,12,14,16-17,19,21,25H,1-2,4-5,8-9,11,13,15,18H2,(H,32,34,37)/t30-/m1/s1. The van der Waals surface area contributed by atoms with Gasteiger partial charge in [0.25, 0.3) is 0 Å². The molecule has 3 heterocycles. The molecule has 194 valence electrons. The van der Waals surface area contributed by atoms with Gasteiger partial charge < -0.3 is 10.2 Å². The second-order valence-electron chi connectivity index (χ2n) is 11.0. The summed E-state index contributed by atoms with van der Waals surface area (Å²) >= 11 is 0. The lowest BCUT2D eigenvalue weighted by Gasteiger charge is -2.21. The number of pyridine rings is 1. The van der Waals surface area contributed by atoms with Crippen LogP contribution in [0.1, 0.15) is 50.5 Å². The summed E-state index contributed by atoms with van der Waals surface area (Å²) in [5.74, 6) is 0.977. The topological polar surface area (TPSA) is 104 Å². The van der Waals surface area contributed by atoms with Gasteiger partial charge in [0.2, 0.25) is 11.8 Å². The molecule has 2 aromatic heterocycles. The zero-order valence-corrected chi connectivity index (χ0v) is 21.5. The molecular weight excluding hydrogens is 476 g/mol. The first-order valence-electron chi connectivity index (χ1n) is 13.6. The Balaban J connectivity index is 1.10. The highest BCUT2D eigenvalue weighted by Crippen LogP contribution is 2.51. The van der Waals surface area contributed by atoms with Crippen molar-refractivity contribution in [1.29, 1.82) is 5.26 Å². The molecule has 1 saturated heterocycles. The highest BCUT2D eigenvalue weighted by molar-refractivity contribution is 6.02. The summed E-state index contributed by atoms with van der Waals surface area (Å²) < 4.78 is 2.04. The van der Waals surface area contributed by atoms with Gasteiger partial charge in [-0.05, 0) is 61.1 Å². The van der Waals surface area contributed by atoms with E-state index in [0.29, 0.717) is 24.5 Å². The lowest BCUT2D eigenvalue weighted by Crippen LogP contribution is -2.35. The van der Waals surface area contributed by atoms with E-state index in [1.807, 2.05) is 35.1 Å². The Bertz CT molecular complexity index is 1400. The summed E-state index contributed by atoms with van der Waals surface area (Å²) in [5, 5.41) is 17.2. The summed E-state index contributed by atoms with van der Waals surface area (Å²) in [7, 11) is 0. The maximum atomic E-state index is 13.1. The van der Waals surface area contributed by atoms with Crippen LogP contribution in [0.3, 0.4) is 0 Å². The second kappa shape index (κ2) is 10.1. The second-order valence-corrected chi connectivity index (χ2v) is 11.0. The van der Waals surface area contributed by atoms with Crippen molar-refractivity contribution >= 4 is 23.3 Å². The molecule has 2 amide bonds. The smallest absolute Gasteiger partial charge is 0.247 e. The summed E-state index contributed by atoms with van der Waals surface area (Å²) in [5.41, 5.74) is 2.75. The molecule has 0 bridgehead atoms. The van der Waals surface area contributed by atoms with Crippen LogP contribution in [0, 0.1) is 28.6 Å². The number of nitrogens with zero attached hydrogens (tertiary/aromatic N) is 5. The highest BCUT2D eigenvalue weighted by Gasteiger charge is 2.56. The van der Waals surface area contributed by atoms with Gasteiger partial charge in [-0.25, -0.2) is 4.98 Å². The van der Waals surface area contributed by atoms with Crippen molar-refractivity contribution in [3.05, 3.63) is 60.6 Å². The average Bonchev–Trinajstić information content (AvgIpc) is 3.31. The number of carbonyl (C=O) groups excluding carboxylic acids is 2. The van der Waals surface area contributed by atoms with E-state index in [2.05, 4.69) is 27.7 Å². The number of nitrogens with one attached hydrogen (secondary N) is 1. The number of carbonyl (C=O) groups is 2. The molecule has 0 unspecified atom stereocenters. The Morgan fingerprint density at radius 3 is 2.76 bits per heavy atom. The fourth-order valence-corrected chi connectivity index (χ4v) is 6.09. The summed E-state index contributed by atoms with van der Waals surface area (Å²) in [6.07, 6.45) is 13.4. The number of rotatable bonds is 8. The first-order chi connectivity index (χ1) is 18.5. The molecule has 3 aliphatic rings. The number of hydrogen-bond acceptors (Lipinski definition) is 5. The van der Waals surface area contributed by atoms with E-state index >= 15 is 0 Å². The molecule has 8 heteroatoms. The van der Waals surface area contributed by atoms with Crippen molar-refractivity contribution in [2.45, 2.75) is 57.9 Å². The van der Waals surface area contributed by atoms with Gasteiger partial charge in [-0.1, -0.05) is 37.1 Å². The van der Waals surface area contributed by atoms with Crippen LogP contribution < -0.4 is 10.2 Å². The van der Waals surface area contributed by atoms with Crippen LogP contribution in [-0.4, -0.2) is 33.1 Å². The maximum absolute atomic E-state index is 13.1. The van der Waals surface area contributed by atoms with Crippen LogP contribution in [-0.2, 0) is 22.6 Å². The van der Waals surface area contributed by atoms with Crippen molar-refractivity contribution < 1.29 is 9.59 Å². The minimum Gasteiger partial charge on any atom is -0.311 e. The van der Waals surface area contributed by atoms with Gasteiger partial charge in [-0.15, -0.1) is 0 Å². The zero-order chi connectivity index (χ0) is 26.1. The summed E-state index contributed by atoms with van der Waals surface area (Å²) in [6, 6.07) is 13.8. The molecule has 2 saturated carbocycles. The third-order valence-electron chi connectivity index (χ3n) is 8.33. The van der Waals surface area contributed by atoms with Gasteiger partial charge in [0.1, 0.15) is 11.2 Å². The lowest BCUT2D eigenvalue weighted by atomic mass is 9.83. The Labute approximate surface area is 222 Å².